The number of nitrogens with zero attached hydrogens (tertiary/aromatic N) is 2. The van der Waals surface area contributed by atoms with Crippen molar-refractivity contribution in [3.8, 4) is 0 Å². The van der Waals surface area contributed by atoms with Crippen molar-refractivity contribution in [2.45, 2.75) is 75.1 Å². The van der Waals surface area contributed by atoms with E-state index in [0.29, 0.717) is 19.6 Å². The van der Waals surface area contributed by atoms with E-state index in [9.17, 15) is 19.5 Å². The fourth-order valence-corrected chi connectivity index (χ4v) is 7.64. The van der Waals surface area contributed by atoms with E-state index < -0.39 is 5.97 Å². The topological polar surface area (TPSA) is 77.9 Å². The van der Waals surface area contributed by atoms with Gasteiger partial charge in [0.25, 0.3) is 0 Å². The summed E-state index contributed by atoms with van der Waals surface area (Å²) in [7, 11) is 0. The number of thioether (sulfide) groups is 1. The summed E-state index contributed by atoms with van der Waals surface area (Å²) in [6, 6.07) is 37.6. The van der Waals surface area contributed by atoms with Crippen molar-refractivity contribution in [1.82, 2.24) is 9.80 Å². The zero-order valence-corrected chi connectivity index (χ0v) is 27.7. The number of aryl methyl sites for hydroxylation is 2. The lowest BCUT2D eigenvalue weighted by Crippen LogP contribution is -2.37. The third-order valence-electron chi connectivity index (χ3n) is 8.70. The van der Waals surface area contributed by atoms with Crippen LogP contribution in [0.4, 0.5) is 0 Å². The Balaban J connectivity index is 1.21. The summed E-state index contributed by atoms with van der Waals surface area (Å²) in [5.74, 6) is -0.854. The lowest BCUT2D eigenvalue weighted by Gasteiger charge is -2.24. The van der Waals surface area contributed by atoms with Gasteiger partial charge in [0.2, 0.25) is 11.8 Å². The molecule has 1 aliphatic heterocycles. The Morgan fingerprint density at radius 1 is 0.660 bits per heavy atom. The van der Waals surface area contributed by atoms with Gasteiger partial charge in [0, 0.05) is 26.1 Å². The normalized spacial score (nSPS) is 15.9. The van der Waals surface area contributed by atoms with E-state index in [-0.39, 0.29) is 34.4 Å². The second-order valence-electron chi connectivity index (χ2n) is 12.2. The molecule has 0 radical (unpaired) electrons. The Morgan fingerprint density at radius 3 is 1.72 bits per heavy atom. The van der Waals surface area contributed by atoms with Gasteiger partial charge in [0.1, 0.15) is 0 Å². The quantitative estimate of drug-likeness (QED) is 0.117. The lowest BCUT2D eigenvalue weighted by atomic mass is 10.1. The van der Waals surface area contributed by atoms with Gasteiger partial charge < -0.3 is 14.9 Å². The molecule has 0 saturated carbocycles. The number of rotatable bonds is 17. The van der Waals surface area contributed by atoms with Crippen LogP contribution in [-0.2, 0) is 35.5 Å². The summed E-state index contributed by atoms with van der Waals surface area (Å²) in [4.78, 5) is 42.8. The first-order chi connectivity index (χ1) is 23.0. The first-order valence-corrected chi connectivity index (χ1v) is 17.6. The maximum Gasteiger partial charge on any atom is 0.335 e. The molecule has 1 saturated heterocycles. The highest BCUT2D eigenvalue weighted by molar-refractivity contribution is 8.01. The largest absolute Gasteiger partial charge is 0.478 e. The van der Waals surface area contributed by atoms with Crippen molar-refractivity contribution in [2.24, 2.45) is 0 Å². The fraction of sp³-hybridized carbons (Fsp3) is 0.325. The summed E-state index contributed by atoms with van der Waals surface area (Å²) in [5, 5.41) is 8.84. The highest BCUT2D eigenvalue weighted by Crippen LogP contribution is 2.37. The van der Waals surface area contributed by atoms with Gasteiger partial charge in [0.05, 0.1) is 16.2 Å². The summed E-state index contributed by atoms with van der Waals surface area (Å²) in [6.45, 7) is 1.66. The Labute approximate surface area is 282 Å². The number of carboxylic acid groups (broad SMARTS) is 1. The standard InChI is InChI=1S/C40H44N2O4S/c43-37(41(29-33-18-6-2-7-19-33)30-34-20-8-3-9-21-34)28-36-39(44)42(27-13-12-17-32-23-25-35(26-24-32)40(45)46)38(47-36)22-11-10-16-31-14-4-1-5-15-31/h1-9,14-15,18-21,23-26,36,38H,10-13,16-17,22,27-30H2,(H,45,46). The van der Waals surface area contributed by atoms with E-state index in [2.05, 4.69) is 24.3 Å². The van der Waals surface area contributed by atoms with E-state index in [0.717, 1.165) is 61.6 Å². The molecule has 0 aromatic heterocycles. The minimum absolute atomic E-state index is 0.00181. The van der Waals surface area contributed by atoms with Crippen LogP contribution in [0.15, 0.2) is 115 Å². The van der Waals surface area contributed by atoms with Crippen LogP contribution in [0.2, 0.25) is 0 Å². The fourth-order valence-electron chi connectivity index (χ4n) is 6.11. The highest BCUT2D eigenvalue weighted by Gasteiger charge is 2.41. The molecular formula is C40H44N2O4S. The molecule has 2 unspecified atom stereocenters. The minimum Gasteiger partial charge on any atom is -0.478 e. The molecule has 1 N–H and O–H groups in total. The molecular weight excluding hydrogens is 605 g/mol. The maximum atomic E-state index is 13.9. The van der Waals surface area contributed by atoms with Gasteiger partial charge >= 0.3 is 5.97 Å². The Morgan fingerprint density at radius 2 is 1.17 bits per heavy atom. The average Bonchev–Trinajstić information content (AvgIpc) is 3.39. The monoisotopic (exact) mass is 648 g/mol. The molecule has 0 spiro atoms. The summed E-state index contributed by atoms with van der Waals surface area (Å²) >= 11 is 1.66. The van der Waals surface area contributed by atoms with Gasteiger partial charge in [-0.05, 0) is 72.9 Å². The van der Waals surface area contributed by atoms with Gasteiger partial charge in [0.15, 0.2) is 0 Å². The molecule has 1 heterocycles. The highest BCUT2D eigenvalue weighted by atomic mass is 32.2. The third kappa shape index (κ3) is 10.3. The average molecular weight is 649 g/mol. The predicted molar refractivity (Wildman–Crippen MR) is 189 cm³/mol. The molecule has 5 rings (SSSR count). The molecule has 4 aromatic carbocycles. The summed E-state index contributed by atoms with van der Waals surface area (Å²) in [6.07, 6.45) is 6.76. The first-order valence-electron chi connectivity index (χ1n) is 16.6. The van der Waals surface area contributed by atoms with Gasteiger partial charge in [-0.2, -0.15) is 0 Å². The van der Waals surface area contributed by atoms with Crippen LogP contribution in [0.1, 0.15) is 71.1 Å². The molecule has 0 bridgehead atoms. The van der Waals surface area contributed by atoms with Crippen LogP contribution in [0, 0.1) is 0 Å². The number of benzene rings is 4. The van der Waals surface area contributed by atoms with Gasteiger partial charge in [-0.3, -0.25) is 9.59 Å². The Kier molecular flexibility index (Phi) is 12.7. The molecule has 6 nitrogen and oxygen atoms in total. The van der Waals surface area contributed by atoms with E-state index in [1.54, 1.807) is 23.9 Å². The number of carboxylic acids is 1. The number of carbonyl (C=O) groups excluding carboxylic acids is 2. The van der Waals surface area contributed by atoms with Crippen LogP contribution in [0.3, 0.4) is 0 Å². The van der Waals surface area contributed by atoms with Crippen LogP contribution in [0.25, 0.3) is 0 Å². The second kappa shape index (κ2) is 17.5. The SMILES string of the molecule is O=C(O)c1ccc(CCCCN2C(=O)C(CC(=O)N(Cc3ccccc3)Cc3ccccc3)SC2CCCCc2ccccc2)cc1. The van der Waals surface area contributed by atoms with Crippen LogP contribution < -0.4 is 0 Å². The zero-order chi connectivity index (χ0) is 32.8. The van der Waals surface area contributed by atoms with Crippen molar-refractivity contribution in [1.29, 1.82) is 0 Å². The zero-order valence-electron chi connectivity index (χ0n) is 26.9. The molecule has 1 aliphatic rings. The van der Waals surface area contributed by atoms with E-state index in [1.807, 2.05) is 88.7 Å². The van der Waals surface area contributed by atoms with Gasteiger partial charge in [-0.25, -0.2) is 4.79 Å². The molecule has 244 valence electrons. The number of hydrogen-bond acceptors (Lipinski definition) is 4. The van der Waals surface area contributed by atoms with Crippen molar-refractivity contribution in [3.05, 3.63) is 143 Å². The molecule has 2 amide bonds. The molecule has 0 aliphatic carbocycles. The number of unbranched alkanes of at least 4 members (excludes halogenated alkanes) is 2. The van der Waals surface area contributed by atoms with E-state index in [1.165, 1.54) is 5.56 Å². The maximum absolute atomic E-state index is 13.9. The van der Waals surface area contributed by atoms with Crippen molar-refractivity contribution < 1.29 is 19.5 Å². The van der Waals surface area contributed by atoms with Gasteiger partial charge in [-0.1, -0.05) is 110 Å². The minimum atomic E-state index is -0.923. The van der Waals surface area contributed by atoms with Crippen molar-refractivity contribution in [2.75, 3.05) is 6.54 Å². The molecule has 1 fully saturated rings. The second-order valence-corrected chi connectivity index (χ2v) is 13.6. The molecule has 47 heavy (non-hydrogen) atoms. The summed E-state index contributed by atoms with van der Waals surface area (Å²) in [5.41, 5.74) is 4.84. The molecule has 2 atom stereocenters. The molecule has 4 aromatic rings. The first kappa shape index (κ1) is 34.0. The number of hydrogen-bond donors (Lipinski definition) is 1. The van der Waals surface area contributed by atoms with Crippen molar-refractivity contribution in [3.63, 3.8) is 0 Å². The molecule has 7 heteroatoms. The van der Waals surface area contributed by atoms with E-state index in [4.69, 9.17) is 0 Å². The summed E-state index contributed by atoms with van der Waals surface area (Å²) < 4.78 is 0. The lowest BCUT2D eigenvalue weighted by molar-refractivity contribution is -0.136. The smallest absolute Gasteiger partial charge is 0.335 e. The number of aromatic carboxylic acids is 1. The van der Waals surface area contributed by atoms with Crippen molar-refractivity contribution >= 4 is 29.5 Å². The predicted octanol–water partition coefficient (Wildman–Crippen LogP) is 8.01. The van der Waals surface area contributed by atoms with Gasteiger partial charge in [-0.15, -0.1) is 11.8 Å². The Hall–Kier alpha value is -4.36. The third-order valence-corrected chi connectivity index (χ3v) is 10.2. The van der Waals surface area contributed by atoms with Crippen LogP contribution >= 0.6 is 11.8 Å². The number of carbonyl (C=O) groups is 3. The Bertz CT molecular complexity index is 1520. The van der Waals surface area contributed by atoms with Crippen LogP contribution in [-0.4, -0.2) is 49.9 Å². The van der Waals surface area contributed by atoms with Crippen LogP contribution in [0.5, 0.6) is 0 Å². The number of amides is 2. The van der Waals surface area contributed by atoms with E-state index >= 15 is 0 Å².